The van der Waals surface area contributed by atoms with Crippen LogP contribution in [0.4, 0.5) is 13.2 Å². The van der Waals surface area contributed by atoms with Crippen LogP contribution in [0, 0.1) is 0 Å². The standard InChI is InChI=1S/C9H7F3O/c10-9(11,12)6-7-13-8-4-2-1-3-5-8/h1-7H/b7-6-. The van der Waals surface area contributed by atoms with Gasteiger partial charge in [-0.15, -0.1) is 0 Å². The molecule has 70 valence electrons. The van der Waals surface area contributed by atoms with Gasteiger partial charge < -0.3 is 4.74 Å². The predicted octanol–water partition coefficient (Wildman–Crippen LogP) is 3.14. The van der Waals surface area contributed by atoms with E-state index in [1.54, 1.807) is 30.3 Å². The molecular formula is C9H7F3O. The summed E-state index contributed by atoms with van der Waals surface area (Å²) in [5, 5.41) is 0. The highest BCUT2D eigenvalue weighted by Gasteiger charge is 2.22. The Kier molecular flexibility index (Phi) is 2.95. The number of ether oxygens (including phenoxy) is 1. The fourth-order valence-electron chi connectivity index (χ4n) is 0.689. The van der Waals surface area contributed by atoms with Crippen molar-refractivity contribution in [3.05, 3.63) is 42.7 Å². The molecule has 0 aromatic heterocycles. The summed E-state index contributed by atoms with van der Waals surface area (Å²) in [4.78, 5) is 0. The Labute approximate surface area is 73.4 Å². The maximum Gasteiger partial charge on any atom is 0.412 e. The molecule has 0 amide bonds. The average Bonchev–Trinajstić information content (AvgIpc) is 2.04. The summed E-state index contributed by atoms with van der Waals surface area (Å²) in [5.41, 5.74) is 0. The van der Waals surface area contributed by atoms with Gasteiger partial charge in [0.25, 0.3) is 0 Å². The number of rotatable bonds is 2. The van der Waals surface area contributed by atoms with E-state index in [0.717, 1.165) is 0 Å². The summed E-state index contributed by atoms with van der Waals surface area (Å²) < 4.78 is 39.5. The molecule has 1 aromatic carbocycles. The lowest BCUT2D eigenvalue weighted by atomic mass is 10.3. The van der Waals surface area contributed by atoms with E-state index in [2.05, 4.69) is 4.74 Å². The normalized spacial score (nSPS) is 11.9. The van der Waals surface area contributed by atoms with E-state index in [9.17, 15) is 13.2 Å². The van der Waals surface area contributed by atoms with Crippen LogP contribution in [0.5, 0.6) is 5.75 Å². The molecule has 0 atom stereocenters. The molecule has 0 fully saturated rings. The Hall–Kier alpha value is -1.45. The Bertz CT molecular complexity index is 277. The maximum atomic E-state index is 11.6. The zero-order chi connectivity index (χ0) is 9.73. The Morgan fingerprint density at radius 3 is 2.23 bits per heavy atom. The third-order valence-corrected chi connectivity index (χ3v) is 1.20. The molecule has 0 aliphatic rings. The van der Waals surface area contributed by atoms with E-state index < -0.39 is 6.18 Å². The van der Waals surface area contributed by atoms with Crippen LogP contribution < -0.4 is 4.74 Å². The lowest BCUT2D eigenvalue weighted by Crippen LogP contribution is -2.01. The minimum absolute atomic E-state index is 0.0417. The van der Waals surface area contributed by atoms with E-state index in [1.165, 1.54) is 0 Å². The highest BCUT2D eigenvalue weighted by atomic mass is 19.4. The first-order valence-corrected chi connectivity index (χ1v) is 3.54. The van der Waals surface area contributed by atoms with Gasteiger partial charge in [0.1, 0.15) is 5.75 Å². The fourth-order valence-corrected chi connectivity index (χ4v) is 0.689. The van der Waals surface area contributed by atoms with Gasteiger partial charge in [0.2, 0.25) is 0 Å². The van der Waals surface area contributed by atoms with Crippen molar-refractivity contribution >= 4 is 0 Å². The van der Waals surface area contributed by atoms with Gasteiger partial charge >= 0.3 is 6.18 Å². The first kappa shape index (κ1) is 9.64. The number of hydrogen-bond donors (Lipinski definition) is 0. The molecule has 0 N–H and O–H groups in total. The molecular weight excluding hydrogens is 181 g/mol. The second kappa shape index (κ2) is 3.98. The van der Waals surface area contributed by atoms with Crippen LogP contribution in [0.25, 0.3) is 0 Å². The summed E-state index contributed by atoms with van der Waals surface area (Å²) >= 11 is 0. The van der Waals surface area contributed by atoms with Crippen LogP contribution in [0.2, 0.25) is 0 Å². The van der Waals surface area contributed by atoms with Crippen molar-refractivity contribution in [2.45, 2.75) is 6.18 Å². The van der Waals surface area contributed by atoms with E-state index in [-0.39, 0.29) is 6.08 Å². The zero-order valence-corrected chi connectivity index (χ0v) is 6.58. The van der Waals surface area contributed by atoms with E-state index in [4.69, 9.17) is 0 Å². The van der Waals surface area contributed by atoms with Crippen LogP contribution in [-0.2, 0) is 0 Å². The minimum atomic E-state index is -4.32. The molecule has 0 heterocycles. The topological polar surface area (TPSA) is 9.23 Å². The molecule has 0 radical (unpaired) electrons. The molecule has 0 aliphatic heterocycles. The van der Waals surface area contributed by atoms with Crippen molar-refractivity contribution < 1.29 is 17.9 Å². The number of allylic oxidation sites excluding steroid dienone is 1. The summed E-state index contributed by atoms with van der Waals surface area (Å²) in [7, 11) is 0. The van der Waals surface area contributed by atoms with Gasteiger partial charge in [-0.2, -0.15) is 13.2 Å². The van der Waals surface area contributed by atoms with Gasteiger partial charge in [0.15, 0.2) is 0 Å². The molecule has 1 aromatic rings. The summed E-state index contributed by atoms with van der Waals surface area (Å²) in [5.74, 6) is 0.378. The first-order valence-electron chi connectivity index (χ1n) is 3.54. The van der Waals surface area contributed by atoms with Gasteiger partial charge in [-0.25, -0.2) is 0 Å². The second-order valence-electron chi connectivity index (χ2n) is 2.28. The zero-order valence-electron chi connectivity index (χ0n) is 6.58. The largest absolute Gasteiger partial charge is 0.465 e. The lowest BCUT2D eigenvalue weighted by Gasteiger charge is -2.00. The van der Waals surface area contributed by atoms with Crippen molar-refractivity contribution in [1.82, 2.24) is 0 Å². The Morgan fingerprint density at radius 2 is 1.69 bits per heavy atom. The summed E-state index contributed by atoms with van der Waals surface area (Å²) in [6.45, 7) is 0. The van der Waals surface area contributed by atoms with Crippen LogP contribution in [0.15, 0.2) is 42.7 Å². The number of alkyl halides is 3. The molecule has 4 heteroatoms. The van der Waals surface area contributed by atoms with Crippen molar-refractivity contribution in [3.63, 3.8) is 0 Å². The second-order valence-corrected chi connectivity index (χ2v) is 2.28. The molecule has 13 heavy (non-hydrogen) atoms. The highest BCUT2D eigenvalue weighted by Crippen LogP contribution is 2.16. The lowest BCUT2D eigenvalue weighted by molar-refractivity contribution is -0.0809. The van der Waals surface area contributed by atoms with Gasteiger partial charge in [-0.05, 0) is 12.1 Å². The van der Waals surface area contributed by atoms with Crippen LogP contribution in [0.1, 0.15) is 0 Å². The molecule has 1 nitrogen and oxygen atoms in total. The van der Waals surface area contributed by atoms with Crippen LogP contribution >= 0.6 is 0 Å². The third-order valence-electron chi connectivity index (χ3n) is 1.20. The van der Waals surface area contributed by atoms with Crippen LogP contribution in [-0.4, -0.2) is 6.18 Å². The summed E-state index contributed by atoms with van der Waals surface area (Å²) in [6, 6.07) is 8.25. The number of benzene rings is 1. The van der Waals surface area contributed by atoms with Gasteiger partial charge in [-0.1, -0.05) is 18.2 Å². The Morgan fingerprint density at radius 1 is 1.08 bits per heavy atom. The van der Waals surface area contributed by atoms with Gasteiger partial charge in [0.05, 0.1) is 12.3 Å². The maximum absolute atomic E-state index is 11.6. The minimum Gasteiger partial charge on any atom is -0.465 e. The average molecular weight is 188 g/mol. The number of hydrogen-bond acceptors (Lipinski definition) is 1. The molecule has 0 spiro atoms. The molecule has 0 bridgehead atoms. The quantitative estimate of drug-likeness (QED) is 0.648. The molecule has 0 saturated carbocycles. The molecule has 1 rings (SSSR count). The van der Waals surface area contributed by atoms with Crippen molar-refractivity contribution in [3.8, 4) is 5.75 Å². The van der Waals surface area contributed by atoms with Gasteiger partial charge in [-0.3, -0.25) is 0 Å². The molecule has 0 unspecified atom stereocenters. The highest BCUT2D eigenvalue weighted by molar-refractivity contribution is 5.21. The van der Waals surface area contributed by atoms with Crippen LogP contribution in [0.3, 0.4) is 0 Å². The van der Waals surface area contributed by atoms with E-state index in [1.807, 2.05) is 0 Å². The fraction of sp³-hybridized carbons (Fsp3) is 0.111. The SMILES string of the molecule is FC(F)(F)/C=C\Oc1ccccc1. The molecule has 0 saturated heterocycles. The smallest absolute Gasteiger partial charge is 0.412 e. The van der Waals surface area contributed by atoms with Crippen molar-refractivity contribution in [2.24, 2.45) is 0 Å². The first-order chi connectivity index (χ1) is 6.08. The van der Waals surface area contributed by atoms with Crippen molar-refractivity contribution in [2.75, 3.05) is 0 Å². The third kappa shape index (κ3) is 4.20. The van der Waals surface area contributed by atoms with Gasteiger partial charge in [0, 0.05) is 0 Å². The van der Waals surface area contributed by atoms with Crippen molar-refractivity contribution in [1.29, 1.82) is 0 Å². The number of halogens is 3. The Balaban J connectivity index is 2.49. The van der Waals surface area contributed by atoms with E-state index >= 15 is 0 Å². The summed E-state index contributed by atoms with van der Waals surface area (Å²) in [6.07, 6.45) is -3.66. The van der Waals surface area contributed by atoms with E-state index in [0.29, 0.717) is 12.0 Å². The molecule has 0 aliphatic carbocycles. The predicted molar refractivity (Wildman–Crippen MR) is 42.3 cm³/mol. The number of para-hydroxylation sites is 1. The monoisotopic (exact) mass is 188 g/mol.